The number of hydrogen-bond acceptors (Lipinski definition) is 2. The second-order valence-electron chi connectivity index (χ2n) is 5.57. The van der Waals surface area contributed by atoms with E-state index < -0.39 is 0 Å². The number of nitrogens with zero attached hydrogens (tertiary/aromatic N) is 1. The quantitative estimate of drug-likeness (QED) is 0.216. The molecule has 0 N–H and O–H groups in total. The molecule has 0 aromatic carbocycles. The molecular formula is C13H22ClNO2. The lowest BCUT2D eigenvalue weighted by molar-refractivity contribution is -0.467. The van der Waals surface area contributed by atoms with Crippen LogP contribution in [0.5, 0.6) is 0 Å². The molecule has 0 amide bonds. The number of allylic oxidation sites excluding steroid dienone is 2. The van der Waals surface area contributed by atoms with E-state index in [2.05, 4.69) is 33.8 Å². The SMILES string of the molecule is CC(C)=C[C@@H]1C(C(=O)OC=[N+](C)C)C1(C)C.[Cl-]. The molecule has 1 fully saturated rings. The Balaban J connectivity index is 0.00000256. The predicted octanol–water partition coefficient (Wildman–Crippen LogP) is -0.928. The molecule has 0 saturated heterocycles. The second kappa shape index (κ2) is 5.67. The molecule has 1 aliphatic rings. The first kappa shape index (κ1) is 16.2. The maximum atomic E-state index is 11.8. The number of ether oxygens (including phenoxy) is 1. The van der Waals surface area contributed by atoms with Crippen molar-refractivity contribution < 1.29 is 26.5 Å². The molecule has 4 heteroatoms. The molecule has 1 aliphatic carbocycles. The molecule has 1 rings (SSSR count). The van der Waals surface area contributed by atoms with Crippen molar-refractivity contribution in [1.29, 1.82) is 0 Å². The van der Waals surface area contributed by atoms with Crippen molar-refractivity contribution in [3.05, 3.63) is 11.6 Å². The lowest BCUT2D eigenvalue weighted by atomic mass is 10.1. The maximum absolute atomic E-state index is 11.8. The van der Waals surface area contributed by atoms with Gasteiger partial charge in [-0.15, -0.1) is 0 Å². The number of rotatable bonds is 3. The van der Waals surface area contributed by atoms with Crippen LogP contribution in [0.1, 0.15) is 27.7 Å². The van der Waals surface area contributed by atoms with Crippen molar-refractivity contribution in [2.45, 2.75) is 27.7 Å². The van der Waals surface area contributed by atoms with Crippen LogP contribution in [0.25, 0.3) is 0 Å². The molecular weight excluding hydrogens is 238 g/mol. The standard InChI is InChI=1S/C13H22NO2.ClH/c1-9(2)7-10-11(13(10,3)4)12(15)16-8-14(5)6;/h7-8,10-11H,1-6H3;1H/q+1;/p-1/t10-,11?;/m1./s1. The fraction of sp³-hybridized carbons (Fsp3) is 0.692. The third kappa shape index (κ3) is 3.84. The van der Waals surface area contributed by atoms with Crippen LogP contribution in [-0.2, 0) is 9.53 Å². The molecule has 0 radical (unpaired) electrons. The highest BCUT2D eigenvalue weighted by molar-refractivity contribution is 5.83. The summed E-state index contributed by atoms with van der Waals surface area (Å²) in [6.45, 7) is 8.34. The Morgan fingerprint density at radius 2 is 1.82 bits per heavy atom. The molecule has 1 unspecified atom stereocenters. The van der Waals surface area contributed by atoms with Crippen LogP contribution in [0.3, 0.4) is 0 Å². The smallest absolute Gasteiger partial charge is 0.331 e. The molecule has 0 aromatic rings. The van der Waals surface area contributed by atoms with E-state index in [1.54, 1.807) is 4.58 Å². The van der Waals surface area contributed by atoms with Gasteiger partial charge in [0.2, 0.25) is 0 Å². The Hall–Kier alpha value is -0.830. The highest BCUT2D eigenvalue weighted by Gasteiger charge is 2.61. The van der Waals surface area contributed by atoms with Gasteiger partial charge in [-0.25, -0.2) is 4.58 Å². The fourth-order valence-electron chi connectivity index (χ4n) is 2.03. The van der Waals surface area contributed by atoms with E-state index in [1.807, 2.05) is 14.1 Å². The maximum Gasteiger partial charge on any atom is 0.331 e. The van der Waals surface area contributed by atoms with Crippen molar-refractivity contribution in [1.82, 2.24) is 0 Å². The molecule has 0 spiro atoms. The minimum atomic E-state index is -0.124. The lowest BCUT2D eigenvalue weighted by Crippen LogP contribution is -3.00. The number of hydrogen-bond donors (Lipinski definition) is 0. The van der Waals surface area contributed by atoms with Crippen LogP contribution in [0.2, 0.25) is 0 Å². The summed E-state index contributed by atoms with van der Waals surface area (Å²) in [5.41, 5.74) is 1.29. The molecule has 17 heavy (non-hydrogen) atoms. The van der Waals surface area contributed by atoms with Gasteiger partial charge < -0.3 is 17.1 Å². The van der Waals surface area contributed by atoms with Gasteiger partial charge in [-0.1, -0.05) is 25.5 Å². The number of halogens is 1. The van der Waals surface area contributed by atoms with Crippen LogP contribution >= 0.6 is 0 Å². The number of carbonyl (C=O) groups is 1. The summed E-state index contributed by atoms with van der Waals surface area (Å²) in [4.78, 5) is 11.8. The Bertz CT molecular complexity index is 350. The average Bonchev–Trinajstić information content (AvgIpc) is 2.63. The first-order valence-electron chi connectivity index (χ1n) is 5.62. The van der Waals surface area contributed by atoms with Gasteiger partial charge in [-0.2, -0.15) is 0 Å². The minimum absolute atomic E-state index is 0. The zero-order valence-electron chi connectivity index (χ0n) is 11.5. The lowest BCUT2D eigenvalue weighted by Gasteiger charge is -1.99. The molecule has 1 saturated carbocycles. The summed E-state index contributed by atoms with van der Waals surface area (Å²) in [5, 5.41) is 0. The van der Waals surface area contributed by atoms with Gasteiger partial charge in [-0.05, 0) is 25.2 Å². The molecule has 0 bridgehead atoms. The number of esters is 1. The molecule has 0 aliphatic heterocycles. The van der Waals surface area contributed by atoms with E-state index in [0.29, 0.717) is 5.92 Å². The Kier molecular flexibility index (Phi) is 5.40. The van der Waals surface area contributed by atoms with Crippen LogP contribution in [-0.4, -0.2) is 31.0 Å². The average molecular weight is 260 g/mol. The minimum Gasteiger partial charge on any atom is -1.00 e. The summed E-state index contributed by atoms with van der Waals surface area (Å²) in [6.07, 6.45) is 3.62. The van der Waals surface area contributed by atoms with Crippen molar-refractivity contribution >= 4 is 12.4 Å². The van der Waals surface area contributed by atoms with E-state index in [9.17, 15) is 4.79 Å². The third-order valence-electron chi connectivity index (χ3n) is 3.06. The monoisotopic (exact) mass is 259 g/mol. The molecule has 0 aromatic heterocycles. The molecule has 98 valence electrons. The largest absolute Gasteiger partial charge is 1.00 e. The van der Waals surface area contributed by atoms with Crippen molar-refractivity contribution in [2.75, 3.05) is 14.1 Å². The van der Waals surface area contributed by atoms with Crippen molar-refractivity contribution in [2.24, 2.45) is 17.3 Å². The zero-order chi connectivity index (χ0) is 12.5. The summed E-state index contributed by atoms with van der Waals surface area (Å²) in [6, 6.07) is 0. The van der Waals surface area contributed by atoms with E-state index in [-0.39, 0.29) is 29.7 Å². The summed E-state index contributed by atoms with van der Waals surface area (Å²) in [5.74, 6) is 0.195. The van der Waals surface area contributed by atoms with Gasteiger partial charge in [-0.3, -0.25) is 4.79 Å². The highest BCUT2D eigenvalue weighted by atomic mass is 35.5. The summed E-state index contributed by atoms with van der Waals surface area (Å²) < 4.78 is 6.83. The number of carbonyl (C=O) groups excluding carboxylic acids is 1. The van der Waals surface area contributed by atoms with Gasteiger partial charge >= 0.3 is 12.4 Å². The van der Waals surface area contributed by atoms with Gasteiger partial charge in [0.25, 0.3) is 0 Å². The van der Waals surface area contributed by atoms with Crippen LogP contribution in [0.4, 0.5) is 0 Å². The van der Waals surface area contributed by atoms with Gasteiger partial charge in [0.05, 0.1) is 5.92 Å². The first-order chi connectivity index (χ1) is 7.26. The Morgan fingerprint density at radius 1 is 1.29 bits per heavy atom. The zero-order valence-corrected chi connectivity index (χ0v) is 12.2. The van der Waals surface area contributed by atoms with E-state index in [1.165, 1.54) is 12.0 Å². The third-order valence-corrected chi connectivity index (χ3v) is 3.06. The van der Waals surface area contributed by atoms with E-state index in [4.69, 9.17) is 4.74 Å². The first-order valence-corrected chi connectivity index (χ1v) is 5.62. The molecule has 2 atom stereocenters. The molecule has 3 nitrogen and oxygen atoms in total. The Labute approximate surface area is 110 Å². The Morgan fingerprint density at radius 3 is 2.24 bits per heavy atom. The van der Waals surface area contributed by atoms with Crippen molar-refractivity contribution in [3.63, 3.8) is 0 Å². The van der Waals surface area contributed by atoms with Crippen LogP contribution in [0.15, 0.2) is 11.6 Å². The van der Waals surface area contributed by atoms with E-state index >= 15 is 0 Å². The van der Waals surface area contributed by atoms with Crippen LogP contribution in [0, 0.1) is 17.3 Å². The van der Waals surface area contributed by atoms with Crippen molar-refractivity contribution in [3.8, 4) is 0 Å². The van der Waals surface area contributed by atoms with Gasteiger partial charge in [0.1, 0.15) is 14.1 Å². The van der Waals surface area contributed by atoms with Gasteiger partial charge in [0, 0.05) is 0 Å². The van der Waals surface area contributed by atoms with Crippen LogP contribution < -0.4 is 12.4 Å². The topological polar surface area (TPSA) is 29.3 Å². The second-order valence-corrected chi connectivity index (χ2v) is 5.57. The normalized spacial score (nSPS) is 24.1. The highest BCUT2D eigenvalue weighted by Crippen LogP contribution is 2.59. The van der Waals surface area contributed by atoms with E-state index in [0.717, 1.165) is 0 Å². The van der Waals surface area contributed by atoms with Gasteiger partial charge in [0.15, 0.2) is 0 Å². The molecule has 0 heterocycles. The summed E-state index contributed by atoms with van der Waals surface area (Å²) >= 11 is 0. The predicted molar refractivity (Wildman–Crippen MR) is 64.5 cm³/mol. The fourth-order valence-corrected chi connectivity index (χ4v) is 2.03. The summed E-state index contributed by atoms with van der Waals surface area (Å²) in [7, 11) is 3.66.